The third-order valence-electron chi connectivity index (χ3n) is 2.95. The normalized spacial score (nSPS) is 12.4. The molecule has 0 fully saturated rings. The highest BCUT2D eigenvalue weighted by Gasteiger charge is 2.10. The minimum atomic E-state index is -0.262. The van der Waals surface area contributed by atoms with Crippen LogP contribution in [0.4, 0.5) is 4.39 Å². The van der Waals surface area contributed by atoms with Crippen molar-refractivity contribution >= 4 is 11.6 Å². The molecule has 0 spiro atoms. The van der Waals surface area contributed by atoms with Crippen molar-refractivity contribution in [2.45, 2.75) is 19.4 Å². The summed E-state index contributed by atoms with van der Waals surface area (Å²) in [6, 6.07) is 12.3. The lowest BCUT2D eigenvalue weighted by atomic mass is 9.98. The van der Waals surface area contributed by atoms with Gasteiger partial charge in [-0.3, -0.25) is 0 Å². The molecule has 0 amide bonds. The maximum absolute atomic E-state index is 13.6. The van der Waals surface area contributed by atoms with Crippen LogP contribution in [0.2, 0.25) is 5.02 Å². The number of hydrogen-bond donors (Lipinski definition) is 1. The van der Waals surface area contributed by atoms with Crippen LogP contribution in [-0.4, -0.2) is 0 Å². The maximum Gasteiger partial charge on any atom is 0.126 e. The highest BCUT2D eigenvalue weighted by molar-refractivity contribution is 6.30. The van der Waals surface area contributed by atoms with E-state index < -0.39 is 0 Å². The van der Waals surface area contributed by atoms with Gasteiger partial charge in [0.25, 0.3) is 0 Å². The van der Waals surface area contributed by atoms with E-state index >= 15 is 0 Å². The molecule has 1 nitrogen and oxygen atoms in total. The lowest BCUT2D eigenvalue weighted by Crippen LogP contribution is -2.14. The third kappa shape index (κ3) is 3.09. The van der Waals surface area contributed by atoms with E-state index in [0.717, 1.165) is 5.56 Å². The number of aryl methyl sites for hydroxylation is 1. The fraction of sp³-hybridized carbons (Fsp3) is 0.200. The Morgan fingerprint density at radius 3 is 2.50 bits per heavy atom. The summed E-state index contributed by atoms with van der Waals surface area (Å²) in [6.45, 7) is 2.02. The van der Waals surface area contributed by atoms with Crippen LogP contribution in [0.15, 0.2) is 42.5 Å². The molecule has 0 radical (unpaired) electrons. The van der Waals surface area contributed by atoms with Crippen LogP contribution in [0.1, 0.15) is 22.7 Å². The first kappa shape index (κ1) is 13.1. The summed E-state index contributed by atoms with van der Waals surface area (Å²) < 4.78 is 13.6. The van der Waals surface area contributed by atoms with Crippen molar-refractivity contribution in [3.63, 3.8) is 0 Å². The number of nitrogens with two attached hydrogens (primary N) is 1. The first-order chi connectivity index (χ1) is 8.56. The van der Waals surface area contributed by atoms with E-state index in [1.165, 1.54) is 17.7 Å². The molecule has 0 heterocycles. The van der Waals surface area contributed by atoms with Gasteiger partial charge in [-0.25, -0.2) is 4.39 Å². The van der Waals surface area contributed by atoms with Gasteiger partial charge in [-0.2, -0.15) is 0 Å². The molecule has 1 unspecified atom stereocenters. The first-order valence-corrected chi connectivity index (χ1v) is 6.20. The average molecular weight is 264 g/mol. The average Bonchev–Trinajstić information content (AvgIpc) is 2.34. The number of rotatable bonds is 3. The Kier molecular flexibility index (Phi) is 4.00. The van der Waals surface area contributed by atoms with Crippen LogP contribution in [0.25, 0.3) is 0 Å². The molecule has 18 heavy (non-hydrogen) atoms. The molecule has 3 heteroatoms. The Morgan fingerprint density at radius 2 is 1.83 bits per heavy atom. The molecule has 0 aliphatic rings. The topological polar surface area (TPSA) is 26.0 Å². The summed E-state index contributed by atoms with van der Waals surface area (Å²) in [7, 11) is 0. The standard InChI is InChI=1S/C15H15ClFN/c1-10-2-4-11(5-3-10)15(18)9-12-8-13(16)6-7-14(12)17/h2-8,15H,9,18H2,1H3. The summed E-state index contributed by atoms with van der Waals surface area (Å²) in [5, 5.41) is 0.530. The molecule has 0 saturated heterocycles. The molecule has 2 aromatic rings. The van der Waals surface area contributed by atoms with E-state index in [4.69, 9.17) is 17.3 Å². The van der Waals surface area contributed by atoms with Gasteiger partial charge >= 0.3 is 0 Å². The first-order valence-electron chi connectivity index (χ1n) is 5.82. The highest BCUT2D eigenvalue weighted by atomic mass is 35.5. The van der Waals surface area contributed by atoms with Crippen molar-refractivity contribution in [2.75, 3.05) is 0 Å². The Balaban J connectivity index is 2.18. The van der Waals surface area contributed by atoms with Crippen molar-refractivity contribution in [3.05, 3.63) is 70.0 Å². The van der Waals surface area contributed by atoms with Gasteiger partial charge in [0.1, 0.15) is 5.82 Å². The summed E-state index contributed by atoms with van der Waals surface area (Å²) in [6.07, 6.45) is 0.440. The van der Waals surface area contributed by atoms with Crippen molar-refractivity contribution < 1.29 is 4.39 Å². The van der Waals surface area contributed by atoms with Crippen molar-refractivity contribution in [1.82, 2.24) is 0 Å². The van der Waals surface area contributed by atoms with Gasteiger partial charge in [0, 0.05) is 11.1 Å². The van der Waals surface area contributed by atoms with Crippen molar-refractivity contribution in [3.8, 4) is 0 Å². The molecule has 2 rings (SSSR count). The van der Waals surface area contributed by atoms with Gasteiger partial charge in [0.15, 0.2) is 0 Å². The summed E-state index contributed by atoms with van der Waals surface area (Å²) in [5.74, 6) is -0.262. The van der Waals surface area contributed by atoms with Crippen LogP contribution in [0, 0.1) is 12.7 Å². The third-order valence-corrected chi connectivity index (χ3v) is 3.19. The van der Waals surface area contributed by atoms with Crippen LogP contribution < -0.4 is 5.73 Å². The maximum atomic E-state index is 13.6. The summed E-state index contributed by atoms with van der Waals surface area (Å²) in [5.41, 5.74) is 8.82. The molecule has 2 N–H and O–H groups in total. The van der Waals surface area contributed by atoms with Crippen LogP contribution in [0.3, 0.4) is 0 Å². The second-order valence-corrected chi connectivity index (χ2v) is 4.89. The molecule has 0 saturated carbocycles. The van der Waals surface area contributed by atoms with E-state index in [1.807, 2.05) is 31.2 Å². The zero-order valence-electron chi connectivity index (χ0n) is 10.2. The molecule has 2 aromatic carbocycles. The fourth-order valence-electron chi connectivity index (χ4n) is 1.87. The second kappa shape index (κ2) is 5.51. The largest absolute Gasteiger partial charge is 0.324 e. The van der Waals surface area contributed by atoms with Crippen LogP contribution >= 0.6 is 11.6 Å². The fourth-order valence-corrected chi connectivity index (χ4v) is 2.06. The molecule has 0 aliphatic heterocycles. The van der Waals surface area contributed by atoms with Gasteiger partial charge in [-0.05, 0) is 42.7 Å². The van der Waals surface area contributed by atoms with E-state index in [0.29, 0.717) is 17.0 Å². The Hall–Kier alpha value is -1.38. The smallest absolute Gasteiger partial charge is 0.126 e. The molecular weight excluding hydrogens is 249 g/mol. The van der Waals surface area contributed by atoms with Gasteiger partial charge in [-0.15, -0.1) is 0 Å². The summed E-state index contributed by atoms with van der Waals surface area (Å²) >= 11 is 5.86. The summed E-state index contributed by atoms with van der Waals surface area (Å²) in [4.78, 5) is 0. The zero-order valence-corrected chi connectivity index (χ0v) is 10.9. The van der Waals surface area contributed by atoms with Crippen molar-refractivity contribution in [2.24, 2.45) is 5.73 Å². The monoisotopic (exact) mass is 263 g/mol. The van der Waals surface area contributed by atoms with Gasteiger partial charge in [-0.1, -0.05) is 41.4 Å². The van der Waals surface area contributed by atoms with Crippen LogP contribution in [-0.2, 0) is 6.42 Å². The SMILES string of the molecule is Cc1ccc(C(N)Cc2cc(Cl)ccc2F)cc1. The molecule has 94 valence electrons. The number of hydrogen-bond acceptors (Lipinski definition) is 1. The quantitative estimate of drug-likeness (QED) is 0.889. The zero-order chi connectivity index (χ0) is 13.1. The Bertz CT molecular complexity index is 537. The predicted octanol–water partition coefficient (Wildman–Crippen LogP) is 4.03. The van der Waals surface area contributed by atoms with Crippen LogP contribution in [0.5, 0.6) is 0 Å². The lowest BCUT2D eigenvalue weighted by Gasteiger charge is -2.13. The minimum Gasteiger partial charge on any atom is -0.324 e. The lowest BCUT2D eigenvalue weighted by molar-refractivity contribution is 0.593. The minimum absolute atomic E-state index is 0.224. The molecule has 0 bridgehead atoms. The highest BCUT2D eigenvalue weighted by Crippen LogP contribution is 2.21. The van der Waals surface area contributed by atoms with Crippen molar-refractivity contribution in [1.29, 1.82) is 0 Å². The second-order valence-electron chi connectivity index (χ2n) is 4.46. The number of halogens is 2. The van der Waals surface area contributed by atoms with E-state index in [-0.39, 0.29) is 11.9 Å². The predicted molar refractivity (Wildman–Crippen MR) is 73.2 cm³/mol. The van der Waals surface area contributed by atoms with Gasteiger partial charge in [0.05, 0.1) is 0 Å². The van der Waals surface area contributed by atoms with Gasteiger partial charge < -0.3 is 5.73 Å². The molecule has 0 aromatic heterocycles. The van der Waals surface area contributed by atoms with E-state index in [9.17, 15) is 4.39 Å². The molecular formula is C15H15ClFN. The van der Waals surface area contributed by atoms with E-state index in [1.54, 1.807) is 6.07 Å². The Labute approximate surface area is 111 Å². The number of benzene rings is 2. The molecule has 1 atom stereocenters. The van der Waals surface area contributed by atoms with Gasteiger partial charge in [0.2, 0.25) is 0 Å². The molecule has 0 aliphatic carbocycles. The Morgan fingerprint density at radius 1 is 1.17 bits per heavy atom. The van der Waals surface area contributed by atoms with E-state index in [2.05, 4.69) is 0 Å².